The van der Waals surface area contributed by atoms with Crippen molar-refractivity contribution in [3.8, 4) is 0 Å². The minimum Gasteiger partial charge on any atom is -0.464 e. The fourth-order valence-corrected chi connectivity index (χ4v) is 5.79. The summed E-state index contributed by atoms with van der Waals surface area (Å²) in [5.41, 5.74) is 2.95. The second kappa shape index (κ2) is 8.53. The van der Waals surface area contributed by atoms with E-state index in [1.165, 1.54) is 18.4 Å². The van der Waals surface area contributed by atoms with Crippen molar-refractivity contribution < 1.29 is 37.6 Å². The summed E-state index contributed by atoms with van der Waals surface area (Å²) < 4.78 is 27.7. The van der Waals surface area contributed by atoms with Gasteiger partial charge in [0.1, 0.15) is 12.3 Å². The minimum atomic E-state index is -1.89. The maximum absolute atomic E-state index is 13.0. The zero-order valence-electron chi connectivity index (χ0n) is 16.0. The summed E-state index contributed by atoms with van der Waals surface area (Å²) >= 11 is 1.37. The molecule has 11 nitrogen and oxygen atoms in total. The number of β-lactam (4-membered cyclic amide) rings is 1. The lowest BCUT2D eigenvalue weighted by molar-refractivity contribution is -0.193. The summed E-state index contributed by atoms with van der Waals surface area (Å²) in [6, 6.07) is 3.55. The summed E-state index contributed by atoms with van der Waals surface area (Å²) in [5.74, 6) is -2.39. The standard InChI is InChI=1S/C17H19N3O8S2/c1-26-13(22)12-9(7-28-16(18)24)8-30(25)15-17(27-2,14(23)20(12)15)19-11(21)6-10-4-3-5-29-10/h3-5,15H,6-8H2,1-2H3,(H2,18,24)(H,19,21)/t15-,17+,30?/m1/s1. The molecule has 0 aromatic carbocycles. The third-order valence-electron chi connectivity index (χ3n) is 4.59. The van der Waals surface area contributed by atoms with E-state index >= 15 is 0 Å². The number of carbonyl (C=O) groups is 4. The van der Waals surface area contributed by atoms with Crippen LogP contribution in [0.25, 0.3) is 0 Å². The van der Waals surface area contributed by atoms with Gasteiger partial charge in [-0.3, -0.25) is 18.7 Å². The van der Waals surface area contributed by atoms with E-state index < -0.39 is 52.4 Å². The van der Waals surface area contributed by atoms with Crippen LogP contribution in [-0.2, 0) is 45.8 Å². The molecule has 162 valence electrons. The Morgan fingerprint density at radius 3 is 2.70 bits per heavy atom. The van der Waals surface area contributed by atoms with Crippen LogP contribution in [0.1, 0.15) is 4.88 Å². The van der Waals surface area contributed by atoms with Gasteiger partial charge in [0.05, 0.1) is 30.1 Å². The molecule has 1 saturated heterocycles. The van der Waals surface area contributed by atoms with E-state index in [1.807, 2.05) is 5.38 Å². The zero-order valence-corrected chi connectivity index (χ0v) is 17.7. The van der Waals surface area contributed by atoms with Gasteiger partial charge in [-0.2, -0.15) is 0 Å². The summed E-state index contributed by atoms with van der Waals surface area (Å²) in [6.45, 7) is -0.438. The first kappa shape index (κ1) is 21.9. The summed E-state index contributed by atoms with van der Waals surface area (Å²) in [4.78, 5) is 50.5. The van der Waals surface area contributed by atoms with Gasteiger partial charge in [0.2, 0.25) is 5.91 Å². The second-order valence-corrected chi connectivity index (χ2v) is 8.88. The van der Waals surface area contributed by atoms with Crippen molar-refractivity contribution in [2.75, 3.05) is 26.6 Å². The van der Waals surface area contributed by atoms with Crippen LogP contribution in [0.2, 0.25) is 0 Å². The molecule has 1 aromatic rings. The number of methoxy groups -OCH3 is 2. The van der Waals surface area contributed by atoms with Gasteiger partial charge in [-0.1, -0.05) is 6.07 Å². The van der Waals surface area contributed by atoms with E-state index in [1.54, 1.807) is 12.1 Å². The Morgan fingerprint density at radius 2 is 2.13 bits per heavy atom. The fourth-order valence-electron chi connectivity index (χ4n) is 3.30. The van der Waals surface area contributed by atoms with Gasteiger partial charge in [0.25, 0.3) is 11.6 Å². The average molecular weight is 457 g/mol. The SMILES string of the molecule is COC(=O)C1=C(COC(N)=O)CS(=O)[C@H]2N1C(=O)[C@]2(NC(=O)Cc1cccs1)OC. The van der Waals surface area contributed by atoms with E-state index in [9.17, 15) is 23.4 Å². The Labute approximate surface area is 177 Å². The Morgan fingerprint density at radius 1 is 1.40 bits per heavy atom. The Balaban J connectivity index is 1.90. The maximum atomic E-state index is 13.0. The van der Waals surface area contributed by atoms with Crippen molar-refractivity contribution in [2.24, 2.45) is 5.73 Å². The normalized spacial score (nSPS) is 25.3. The number of fused-ring (bicyclic) bond motifs is 1. The Kier molecular flexibility index (Phi) is 6.24. The van der Waals surface area contributed by atoms with E-state index in [0.29, 0.717) is 0 Å². The number of amides is 3. The molecule has 1 aromatic heterocycles. The molecule has 2 aliphatic heterocycles. The van der Waals surface area contributed by atoms with Gasteiger partial charge in [-0.25, -0.2) is 9.59 Å². The predicted molar refractivity (Wildman–Crippen MR) is 104 cm³/mol. The molecule has 13 heteroatoms. The lowest BCUT2D eigenvalue weighted by Gasteiger charge is -2.55. The summed E-state index contributed by atoms with van der Waals surface area (Å²) in [6.07, 6.45) is -1.09. The molecule has 1 unspecified atom stereocenters. The number of primary amides is 1. The van der Waals surface area contributed by atoms with Crippen molar-refractivity contribution in [1.82, 2.24) is 10.2 Å². The number of nitrogens with two attached hydrogens (primary N) is 1. The third-order valence-corrected chi connectivity index (χ3v) is 7.14. The van der Waals surface area contributed by atoms with Gasteiger partial charge >= 0.3 is 12.1 Å². The molecule has 3 rings (SSSR count). The smallest absolute Gasteiger partial charge is 0.404 e. The van der Waals surface area contributed by atoms with Crippen LogP contribution in [0.15, 0.2) is 28.8 Å². The van der Waals surface area contributed by atoms with Crippen molar-refractivity contribution in [1.29, 1.82) is 0 Å². The number of ether oxygens (including phenoxy) is 3. The topological polar surface area (TPSA) is 154 Å². The van der Waals surface area contributed by atoms with Crippen LogP contribution in [0.4, 0.5) is 4.79 Å². The van der Waals surface area contributed by atoms with Crippen molar-refractivity contribution in [3.63, 3.8) is 0 Å². The van der Waals surface area contributed by atoms with E-state index in [-0.39, 0.29) is 23.4 Å². The molecule has 1 fully saturated rings. The highest BCUT2D eigenvalue weighted by molar-refractivity contribution is 7.86. The van der Waals surface area contributed by atoms with Gasteiger partial charge in [0, 0.05) is 17.6 Å². The number of hydrogen-bond donors (Lipinski definition) is 2. The van der Waals surface area contributed by atoms with Crippen LogP contribution in [0, 0.1) is 0 Å². The number of hydrogen-bond acceptors (Lipinski definition) is 9. The highest BCUT2D eigenvalue weighted by Crippen LogP contribution is 2.42. The average Bonchev–Trinajstić information content (AvgIpc) is 3.21. The Bertz CT molecular complexity index is 945. The van der Waals surface area contributed by atoms with Crippen molar-refractivity contribution in [3.05, 3.63) is 33.7 Å². The zero-order chi connectivity index (χ0) is 22.1. The molecule has 30 heavy (non-hydrogen) atoms. The molecule has 3 atom stereocenters. The van der Waals surface area contributed by atoms with Crippen LogP contribution >= 0.6 is 11.3 Å². The van der Waals surface area contributed by atoms with Gasteiger partial charge < -0.3 is 25.3 Å². The molecule has 3 amide bonds. The fraction of sp³-hybridized carbons (Fsp3) is 0.412. The maximum Gasteiger partial charge on any atom is 0.404 e. The summed E-state index contributed by atoms with van der Waals surface area (Å²) in [7, 11) is 0.523. The molecule has 0 saturated carbocycles. The van der Waals surface area contributed by atoms with Crippen LogP contribution in [-0.4, -0.2) is 70.7 Å². The largest absolute Gasteiger partial charge is 0.464 e. The number of nitrogens with one attached hydrogen (secondary N) is 1. The predicted octanol–water partition coefficient (Wildman–Crippen LogP) is -0.797. The molecule has 3 heterocycles. The molecule has 0 radical (unpaired) electrons. The lowest BCUT2D eigenvalue weighted by Crippen LogP contribution is -2.83. The van der Waals surface area contributed by atoms with Gasteiger partial charge in [0.15, 0.2) is 5.37 Å². The number of carbonyl (C=O) groups excluding carboxylic acids is 4. The van der Waals surface area contributed by atoms with Crippen LogP contribution < -0.4 is 11.1 Å². The molecule has 2 aliphatic rings. The van der Waals surface area contributed by atoms with Gasteiger partial charge in [-0.15, -0.1) is 11.3 Å². The van der Waals surface area contributed by atoms with E-state index in [0.717, 1.165) is 16.9 Å². The van der Waals surface area contributed by atoms with E-state index in [2.05, 4.69) is 5.32 Å². The highest BCUT2D eigenvalue weighted by atomic mass is 32.2. The summed E-state index contributed by atoms with van der Waals surface area (Å²) in [5, 5.41) is 3.17. The first-order valence-corrected chi connectivity index (χ1v) is 10.8. The number of nitrogens with zero attached hydrogens (tertiary/aromatic N) is 1. The lowest BCUT2D eigenvalue weighted by atomic mass is 9.98. The first-order valence-electron chi connectivity index (χ1n) is 8.57. The number of rotatable bonds is 7. The number of thiophene rings is 1. The van der Waals surface area contributed by atoms with Crippen molar-refractivity contribution in [2.45, 2.75) is 17.5 Å². The molecule has 0 aliphatic carbocycles. The highest BCUT2D eigenvalue weighted by Gasteiger charge is 2.69. The van der Waals surface area contributed by atoms with Crippen LogP contribution in [0.3, 0.4) is 0 Å². The Hall–Kier alpha value is -2.77. The molecular formula is C17H19N3O8S2. The first-order chi connectivity index (χ1) is 14.2. The molecule has 0 spiro atoms. The second-order valence-electron chi connectivity index (χ2n) is 6.35. The van der Waals surface area contributed by atoms with Gasteiger partial charge in [-0.05, 0) is 11.4 Å². The molecule has 3 N–H and O–H groups in total. The van der Waals surface area contributed by atoms with Crippen LogP contribution in [0.5, 0.6) is 0 Å². The van der Waals surface area contributed by atoms with E-state index in [4.69, 9.17) is 19.9 Å². The number of esters is 1. The minimum absolute atomic E-state index is 0.00676. The molecular weight excluding hydrogens is 438 g/mol. The quantitative estimate of drug-likeness (QED) is 0.306. The van der Waals surface area contributed by atoms with Crippen molar-refractivity contribution >= 4 is 46.0 Å². The third kappa shape index (κ3) is 3.70. The monoisotopic (exact) mass is 457 g/mol. The molecule has 0 bridgehead atoms.